The van der Waals surface area contributed by atoms with Gasteiger partial charge in [-0.15, -0.1) is 0 Å². The molecule has 23 heavy (non-hydrogen) atoms. The summed E-state index contributed by atoms with van der Waals surface area (Å²) >= 11 is 0. The number of nitrogens with one attached hydrogen (secondary N) is 1. The van der Waals surface area contributed by atoms with E-state index >= 15 is 0 Å². The predicted molar refractivity (Wildman–Crippen MR) is 88.1 cm³/mol. The van der Waals surface area contributed by atoms with Gasteiger partial charge >= 0.3 is 0 Å². The van der Waals surface area contributed by atoms with Crippen molar-refractivity contribution in [1.29, 1.82) is 0 Å². The van der Waals surface area contributed by atoms with Gasteiger partial charge in [0.25, 0.3) is 5.91 Å². The van der Waals surface area contributed by atoms with Gasteiger partial charge in [-0.3, -0.25) is 14.5 Å². The highest BCUT2D eigenvalue weighted by molar-refractivity contribution is 5.91. The number of carbonyl (C=O) groups excluding carboxylic acids is 2. The molecule has 0 bridgehead atoms. The molecule has 6 heteroatoms. The van der Waals surface area contributed by atoms with Crippen LogP contribution in [0.25, 0.3) is 0 Å². The first-order chi connectivity index (χ1) is 11.1. The second-order valence-corrected chi connectivity index (χ2v) is 6.39. The minimum absolute atomic E-state index is 0.0546. The summed E-state index contributed by atoms with van der Waals surface area (Å²) in [5.74, 6) is 1.05. The second-order valence-electron chi connectivity index (χ2n) is 6.39. The topological polar surface area (TPSA) is 65.8 Å². The quantitative estimate of drug-likeness (QED) is 0.828. The molecule has 1 aromatic rings. The van der Waals surface area contributed by atoms with Crippen molar-refractivity contribution in [3.05, 3.63) is 24.2 Å². The van der Waals surface area contributed by atoms with Crippen LogP contribution >= 0.6 is 0 Å². The van der Waals surface area contributed by atoms with E-state index in [0.717, 1.165) is 32.6 Å². The lowest BCUT2D eigenvalue weighted by Crippen LogP contribution is -2.49. The maximum Gasteiger partial charge on any atom is 0.289 e. The average Bonchev–Trinajstić information content (AvgIpc) is 3.07. The van der Waals surface area contributed by atoms with E-state index in [4.69, 9.17) is 4.42 Å². The van der Waals surface area contributed by atoms with E-state index in [9.17, 15) is 9.59 Å². The van der Waals surface area contributed by atoms with Crippen molar-refractivity contribution >= 4 is 11.8 Å². The molecule has 1 saturated heterocycles. The SMILES string of the molecule is CC(C)CCNC(=O)CCN1CCN(C(=O)c2ccco2)CC1. The molecule has 0 atom stereocenters. The Hall–Kier alpha value is -1.82. The van der Waals surface area contributed by atoms with Gasteiger partial charge < -0.3 is 14.6 Å². The second kappa shape index (κ2) is 8.72. The molecule has 128 valence electrons. The molecule has 6 nitrogen and oxygen atoms in total. The van der Waals surface area contributed by atoms with E-state index in [1.807, 2.05) is 0 Å². The molecule has 2 amide bonds. The Morgan fingerprint density at radius 2 is 2.00 bits per heavy atom. The molecular formula is C17H27N3O3. The van der Waals surface area contributed by atoms with Crippen molar-refractivity contribution in [3.63, 3.8) is 0 Å². The molecule has 0 unspecified atom stereocenters. The van der Waals surface area contributed by atoms with Crippen LogP contribution in [0, 0.1) is 5.92 Å². The number of rotatable bonds is 7. The number of hydrogen-bond acceptors (Lipinski definition) is 4. The fraction of sp³-hybridized carbons (Fsp3) is 0.647. The van der Waals surface area contributed by atoms with E-state index < -0.39 is 0 Å². The molecule has 1 aliphatic rings. The van der Waals surface area contributed by atoms with Crippen molar-refractivity contribution in [1.82, 2.24) is 15.1 Å². The summed E-state index contributed by atoms with van der Waals surface area (Å²) < 4.78 is 5.15. The molecule has 0 aliphatic carbocycles. The third-order valence-electron chi connectivity index (χ3n) is 4.09. The van der Waals surface area contributed by atoms with Gasteiger partial charge in [-0.1, -0.05) is 13.8 Å². The molecule has 0 saturated carbocycles. The zero-order valence-corrected chi connectivity index (χ0v) is 14.1. The van der Waals surface area contributed by atoms with Crippen LogP contribution in [0.15, 0.2) is 22.8 Å². The van der Waals surface area contributed by atoms with Gasteiger partial charge in [0.05, 0.1) is 6.26 Å². The highest BCUT2D eigenvalue weighted by atomic mass is 16.3. The highest BCUT2D eigenvalue weighted by Gasteiger charge is 2.23. The van der Waals surface area contributed by atoms with Crippen molar-refractivity contribution in [2.24, 2.45) is 5.92 Å². The Bertz CT molecular complexity index is 491. The molecule has 0 aromatic carbocycles. The van der Waals surface area contributed by atoms with Crippen LogP contribution in [0.4, 0.5) is 0 Å². The molecule has 1 N–H and O–H groups in total. The maximum atomic E-state index is 12.2. The Morgan fingerprint density at radius 1 is 1.26 bits per heavy atom. The summed E-state index contributed by atoms with van der Waals surface area (Å²) in [6.45, 7) is 8.74. The van der Waals surface area contributed by atoms with Gasteiger partial charge in [0.1, 0.15) is 0 Å². The summed E-state index contributed by atoms with van der Waals surface area (Å²) in [6, 6.07) is 3.41. The Kier molecular flexibility index (Phi) is 6.65. The molecule has 2 heterocycles. The fourth-order valence-corrected chi connectivity index (χ4v) is 2.58. The summed E-state index contributed by atoms with van der Waals surface area (Å²) in [4.78, 5) is 28.0. The first kappa shape index (κ1) is 17.5. The highest BCUT2D eigenvalue weighted by Crippen LogP contribution is 2.09. The first-order valence-electron chi connectivity index (χ1n) is 8.38. The molecule has 0 radical (unpaired) electrons. The normalized spacial score (nSPS) is 15.9. The standard InChI is InChI=1S/C17H27N3O3/c1-14(2)5-7-18-16(21)6-8-19-9-11-20(12-10-19)17(22)15-4-3-13-23-15/h3-4,13-14H,5-12H2,1-2H3,(H,18,21). The van der Waals surface area contributed by atoms with E-state index in [-0.39, 0.29) is 11.8 Å². The van der Waals surface area contributed by atoms with Gasteiger partial charge in [-0.2, -0.15) is 0 Å². The average molecular weight is 321 g/mol. The smallest absolute Gasteiger partial charge is 0.289 e. The third kappa shape index (κ3) is 5.71. The number of furan rings is 1. The van der Waals surface area contributed by atoms with Crippen LogP contribution in [0.1, 0.15) is 37.2 Å². The Balaban J connectivity index is 1.63. The first-order valence-corrected chi connectivity index (χ1v) is 8.38. The fourth-order valence-electron chi connectivity index (χ4n) is 2.58. The lowest BCUT2D eigenvalue weighted by molar-refractivity contribution is -0.121. The van der Waals surface area contributed by atoms with Crippen molar-refractivity contribution in [2.75, 3.05) is 39.3 Å². The molecule has 2 rings (SSSR count). The number of nitrogens with zero attached hydrogens (tertiary/aromatic N) is 2. The number of amides is 2. The number of carbonyl (C=O) groups is 2. The number of piperazine rings is 1. The summed E-state index contributed by atoms with van der Waals surface area (Å²) in [5, 5.41) is 2.96. The maximum absolute atomic E-state index is 12.2. The van der Waals surface area contributed by atoms with Gasteiger partial charge in [-0.05, 0) is 24.5 Å². The lowest BCUT2D eigenvalue weighted by atomic mass is 10.1. The zero-order chi connectivity index (χ0) is 16.7. The monoisotopic (exact) mass is 321 g/mol. The van der Waals surface area contributed by atoms with Crippen LogP contribution in [0.5, 0.6) is 0 Å². The molecule has 0 spiro atoms. The minimum atomic E-state index is -0.0546. The largest absolute Gasteiger partial charge is 0.459 e. The van der Waals surface area contributed by atoms with Gasteiger partial charge in [-0.25, -0.2) is 0 Å². The van der Waals surface area contributed by atoms with Crippen LogP contribution in [-0.2, 0) is 4.79 Å². The number of hydrogen-bond donors (Lipinski definition) is 1. The van der Waals surface area contributed by atoms with Crippen molar-refractivity contribution < 1.29 is 14.0 Å². The molecule has 1 aromatic heterocycles. The van der Waals surface area contributed by atoms with Crippen LogP contribution in [0.3, 0.4) is 0 Å². The Labute approximate surface area is 137 Å². The molecular weight excluding hydrogens is 294 g/mol. The zero-order valence-electron chi connectivity index (χ0n) is 14.1. The summed E-state index contributed by atoms with van der Waals surface area (Å²) in [6.07, 6.45) is 3.05. The van der Waals surface area contributed by atoms with Gasteiger partial charge in [0.15, 0.2) is 5.76 Å². The third-order valence-corrected chi connectivity index (χ3v) is 4.09. The summed E-state index contributed by atoms with van der Waals surface area (Å²) in [7, 11) is 0. The van der Waals surface area contributed by atoms with E-state index in [2.05, 4.69) is 24.1 Å². The van der Waals surface area contributed by atoms with Gasteiger partial charge in [0, 0.05) is 45.7 Å². The van der Waals surface area contributed by atoms with Gasteiger partial charge in [0.2, 0.25) is 5.91 Å². The van der Waals surface area contributed by atoms with Crippen molar-refractivity contribution in [3.8, 4) is 0 Å². The Morgan fingerprint density at radius 3 is 2.61 bits per heavy atom. The van der Waals surface area contributed by atoms with Crippen molar-refractivity contribution in [2.45, 2.75) is 26.7 Å². The van der Waals surface area contributed by atoms with E-state index in [1.165, 1.54) is 6.26 Å². The molecule has 1 fully saturated rings. The molecule has 1 aliphatic heterocycles. The van der Waals surface area contributed by atoms with E-state index in [0.29, 0.717) is 31.2 Å². The van der Waals surface area contributed by atoms with Crippen LogP contribution in [0.2, 0.25) is 0 Å². The lowest BCUT2D eigenvalue weighted by Gasteiger charge is -2.34. The van der Waals surface area contributed by atoms with Crippen LogP contribution in [-0.4, -0.2) is 60.9 Å². The minimum Gasteiger partial charge on any atom is -0.459 e. The van der Waals surface area contributed by atoms with E-state index in [1.54, 1.807) is 17.0 Å². The predicted octanol–water partition coefficient (Wildman–Crippen LogP) is 1.59. The summed E-state index contributed by atoms with van der Waals surface area (Å²) in [5.41, 5.74) is 0. The van der Waals surface area contributed by atoms with Crippen LogP contribution < -0.4 is 5.32 Å².